The highest BCUT2D eigenvalue weighted by Gasteiger charge is 2.22. The maximum absolute atomic E-state index is 11.8. The molecule has 1 aliphatic carbocycles. The van der Waals surface area contributed by atoms with E-state index in [9.17, 15) is 4.79 Å². The molecule has 0 spiro atoms. The van der Waals surface area contributed by atoms with Crippen LogP contribution in [0.3, 0.4) is 0 Å². The van der Waals surface area contributed by atoms with Crippen LogP contribution in [-0.4, -0.2) is 40.8 Å². The maximum atomic E-state index is 11.8. The zero-order valence-corrected chi connectivity index (χ0v) is 19.3. The van der Waals surface area contributed by atoms with E-state index in [0.717, 1.165) is 44.9 Å². The standard InChI is InChI=1S/C21H30N6O.HI/c1-2-22-21(23-12-5-9-20(28)26-19-10-11-19)24-15-17-7-3-4-8-18(17)16-27-14-6-13-25-27;/h3-4,6-8,13-14,19H,2,5,9-12,15-16H2,1H3,(H,26,28)(H2,22,23,24);1H. The van der Waals surface area contributed by atoms with Crippen LogP contribution in [0.2, 0.25) is 0 Å². The molecule has 1 aromatic heterocycles. The summed E-state index contributed by atoms with van der Waals surface area (Å²) in [5.74, 6) is 0.929. The Morgan fingerprint density at radius 2 is 2.00 bits per heavy atom. The van der Waals surface area contributed by atoms with Gasteiger partial charge in [0, 0.05) is 37.9 Å². The van der Waals surface area contributed by atoms with E-state index in [-0.39, 0.29) is 29.9 Å². The Kier molecular flexibility index (Phi) is 9.96. The van der Waals surface area contributed by atoms with E-state index in [1.54, 1.807) is 6.20 Å². The molecular weight excluding hydrogens is 479 g/mol. The van der Waals surface area contributed by atoms with Crippen LogP contribution in [0.4, 0.5) is 0 Å². The van der Waals surface area contributed by atoms with Crippen LogP contribution in [-0.2, 0) is 17.9 Å². The second-order valence-corrected chi connectivity index (χ2v) is 7.04. The lowest BCUT2D eigenvalue weighted by Crippen LogP contribution is -2.38. The molecule has 0 atom stereocenters. The van der Waals surface area contributed by atoms with Crippen molar-refractivity contribution in [3.05, 3.63) is 53.9 Å². The number of carbonyl (C=O) groups excluding carboxylic acids is 1. The van der Waals surface area contributed by atoms with Crippen molar-refractivity contribution in [1.29, 1.82) is 0 Å². The summed E-state index contributed by atoms with van der Waals surface area (Å²) >= 11 is 0. The number of rotatable bonds is 10. The third-order valence-electron chi connectivity index (χ3n) is 4.58. The summed E-state index contributed by atoms with van der Waals surface area (Å²) in [6.45, 7) is 4.89. The highest BCUT2D eigenvalue weighted by atomic mass is 127. The molecule has 1 fully saturated rings. The highest BCUT2D eigenvalue weighted by molar-refractivity contribution is 14.0. The summed E-state index contributed by atoms with van der Waals surface area (Å²) < 4.78 is 1.92. The zero-order chi connectivity index (χ0) is 19.6. The number of guanidine groups is 1. The summed E-state index contributed by atoms with van der Waals surface area (Å²) in [4.78, 5) is 16.5. The van der Waals surface area contributed by atoms with E-state index < -0.39 is 0 Å². The van der Waals surface area contributed by atoms with Crippen LogP contribution in [0, 0.1) is 0 Å². The van der Waals surface area contributed by atoms with Gasteiger partial charge in [-0.05, 0) is 43.4 Å². The number of nitrogens with zero attached hydrogens (tertiary/aromatic N) is 3. The molecule has 29 heavy (non-hydrogen) atoms. The monoisotopic (exact) mass is 510 g/mol. The average molecular weight is 510 g/mol. The van der Waals surface area contributed by atoms with Crippen molar-refractivity contribution in [2.24, 2.45) is 4.99 Å². The summed E-state index contributed by atoms with van der Waals surface area (Å²) in [6, 6.07) is 10.7. The molecule has 0 aliphatic heterocycles. The lowest BCUT2D eigenvalue weighted by molar-refractivity contribution is -0.121. The van der Waals surface area contributed by atoms with Crippen molar-refractivity contribution in [3.8, 4) is 0 Å². The Morgan fingerprint density at radius 1 is 1.21 bits per heavy atom. The largest absolute Gasteiger partial charge is 0.357 e. The average Bonchev–Trinajstić information content (AvgIpc) is 3.36. The van der Waals surface area contributed by atoms with Gasteiger partial charge in [0.25, 0.3) is 0 Å². The lowest BCUT2D eigenvalue weighted by atomic mass is 10.1. The first-order valence-corrected chi connectivity index (χ1v) is 10.1. The molecule has 1 aliphatic rings. The van der Waals surface area contributed by atoms with Gasteiger partial charge in [-0.2, -0.15) is 5.10 Å². The number of amides is 1. The van der Waals surface area contributed by atoms with Crippen LogP contribution in [0.1, 0.15) is 43.7 Å². The molecule has 158 valence electrons. The molecular formula is C21H31IN6O. The number of hydrogen-bond donors (Lipinski definition) is 3. The topological polar surface area (TPSA) is 83.3 Å². The van der Waals surface area contributed by atoms with Gasteiger partial charge in [-0.15, -0.1) is 24.0 Å². The predicted molar refractivity (Wildman–Crippen MR) is 126 cm³/mol. The van der Waals surface area contributed by atoms with Gasteiger partial charge in [0.05, 0.1) is 13.1 Å². The summed E-state index contributed by atoms with van der Waals surface area (Å²) in [5, 5.41) is 13.9. The van der Waals surface area contributed by atoms with Gasteiger partial charge in [0.15, 0.2) is 5.96 Å². The number of hydrogen-bond acceptors (Lipinski definition) is 3. The quantitative estimate of drug-likeness (QED) is 0.199. The number of aliphatic imine (C=N–C) groups is 1. The number of halogens is 1. The second kappa shape index (κ2) is 12.5. The number of carbonyl (C=O) groups is 1. The van der Waals surface area contributed by atoms with Crippen LogP contribution in [0.15, 0.2) is 47.7 Å². The minimum Gasteiger partial charge on any atom is -0.357 e. The van der Waals surface area contributed by atoms with Gasteiger partial charge in [-0.3, -0.25) is 9.48 Å². The van der Waals surface area contributed by atoms with Gasteiger partial charge in [-0.1, -0.05) is 24.3 Å². The molecule has 0 radical (unpaired) electrons. The Hall–Kier alpha value is -2.10. The zero-order valence-electron chi connectivity index (χ0n) is 16.9. The van der Waals surface area contributed by atoms with Gasteiger partial charge in [0.1, 0.15) is 0 Å². The fourth-order valence-electron chi connectivity index (χ4n) is 2.92. The van der Waals surface area contributed by atoms with E-state index in [1.807, 2.05) is 36.0 Å². The first-order chi connectivity index (χ1) is 13.7. The van der Waals surface area contributed by atoms with Gasteiger partial charge in [-0.25, -0.2) is 4.99 Å². The first-order valence-electron chi connectivity index (χ1n) is 10.1. The Balaban J connectivity index is 0.00000300. The highest BCUT2D eigenvalue weighted by Crippen LogP contribution is 2.18. The van der Waals surface area contributed by atoms with Crippen molar-refractivity contribution >= 4 is 35.8 Å². The normalized spacial score (nSPS) is 13.5. The molecule has 0 bridgehead atoms. The fraction of sp³-hybridized carbons (Fsp3) is 0.476. The summed E-state index contributed by atoms with van der Waals surface area (Å²) in [5.41, 5.74) is 2.39. The van der Waals surface area contributed by atoms with Crippen molar-refractivity contribution in [2.45, 2.75) is 51.7 Å². The number of aromatic nitrogens is 2. The SMILES string of the molecule is CCNC(=NCc1ccccc1Cn1cccn1)NCCCC(=O)NC1CC1.I. The molecule has 1 aromatic carbocycles. The lowest BCUT2D eigenvalue weighted by Gasteiger charge is -2.12. The molecule has 0 unspecified atom stereocenters. The molecule has 7 nitrogen and oxygen atoms in total. The third-order valence-corrected chi connectivity index (χ3v) is 4.58. The van der Waals surface area contributed by atoms with Gasteiger partial charge in [0.2, 0.25) is 5.91 Å². The third kappa shape index (κ3) is 8.43. The van der Waals surface area contributed by atoms with Gasteiger partial charge >= 0.3 is 0 Å². The Morgan fingerprint density at radius 3 is 2.69 bits per heavy atom. The molecule has 3 rings (SSSR count). The molecule has 1 amide bonds. The summed E-state index contributed by atoms with van der Waals surface area (Å²) in [7, 11) is 0. The van der Waals surface area contributed by atoms with Crippen molar-refractivity contribution in [2.75, 3.05) is 13.1 Å². The fourth-order valence-corrected chi connectivity index (χ4v) is 2.92. The van der Waals surface area contributed by atoms with Crippen molar-refractivity contribution in [1.82, 2.24) is 25.7 Å². The molecule has 2 aromatic rings. The van der Waals surface area contributed by atoms with Crippen LogP contribution in [0.25, 0.3) is 0 Å². The van der Waals surface area contributed by atoms with Crippen LogP contribution in [0.5, 0.6) is 0 Å². The van der Waals surface area contributed by atoms with E-state index in [4.69, 9.17) is 4.99 Å². The summed E-state index contributed by atoms with van der Waals surface area (Å²) in [6.07, 6.45) is 7.35. The van der Waals surface area contributed by atoms with E-state index in [0.29, 0.717) is 19.0 Å². The van der Waals surface area contributed by atoms with E-state index in [2.05, 4.69) is 33.2 Å². The number of benzene rings is 1. The molecule has 0 saturated heterocycles. The minimum absolute atomic E-state index is 0. The van der Waals surface area contributed by atoms with Crippen LogP contribution >= 0.6 is 24.0 Å². The van der Waals surface area contributed by atoms with Gasteiger partial charge < -0.3 is 16.0 Å². The second-order valence-electron chi connectivity index (χ2n) is 7.04. The predicted octanol–water partition coefficient (Wildman–Crippen LogP) is 2.66. The molecule has 1 saturated carbocycles. The Bertz CT molecular complexity index is 773. The van der Waals surface area contributed by atoms with Crippen molar-refractivity contribution in [3.63, 3.8) is 0 Å². The smallest absolute Gasteiger partial charge is 0.220 e. The first kappa shape index (κ1) is 23.2. The molecule has 3 N–H and O–H groups in total. The number of nitrogens with one attached hydrogen (secondary N) is 3. The minimum atomic E-state index is 0. The van der Waals surface area contributed by atoms with Crippen molar-refractivity contribution < 1.29 is 4.79 Å². The molecule has 8 heteroatoms. The van der Waals surface area contributed by atoms with E-state index in [1.165, 1.54) is 11.1 Å². The maximum Gasteiger partial charge on any atom is 0.220 e. The van der Waals surface area contributed by atoms with Crippen LogP contribution < -0.4 is 16.0 Å². The van der Waals surface area contributed by atoms with E-state index >= 15 is 0 Å². The molecule has 1 heterocycles. The Labute approximate surface area is 189 Å².